The monoisotopic (exact) mass is 416 g/mol. The average molecular weight is 417 g/mol. The van der Waals surface area contributed by atoms with Crippen LogP contribution in [0.5, 0.6) is 17.2 Å². The van der Waals surface area contributed by atoms with Gasteiger partial charge >= 0.3 is 0 Å². The fourth-order valence-corrected chi connectivity index (χ4v) is 4.46. The van der Waals surface area contributed by atoms with Crippen LogP contribution in [0.1, 0.15) is 25.0 Å². The van der Waals surface area contributed by atoms with Gasteiger partial charge < -0.3 is 14.2 Å². The predicted octanol–water partition coefficient (Wildman–Crippen LogP) is 5.91. The van der Waals surface area contributed by atoms with E-state index in [-0.39, 0.29) is 0 Å². The van der Waals surface area contributed by atoms with Crippen molar-refractivity contribution in [3.63, 3.8) is 0 Å². The van der Waals surface area contributed by atoms with Gasteiger partial charge in [0.25, 0.3) is 0 Å². The molecule has 0 saturated carbocycles. The number of rotatable bonds is 6. The van der Waals surface area contributed by atoms with Crippen molar-refractivity contribution >= 4 is 21.8 Å². The molecule has 0 aliphatic carbocycles. The van der Waals surface area contributed by atoms with Crippen molar-refractivity contribution in [3.05, 3.63) is 59.7 Å². The Bertz CT molecular complexity index is 1260. The van der Waals surface area contributed by atoms with Crippen LogP contribution in [-0.2, 0) is 7.05 Å². The number of methoxy groups -OCH3 is 1. The molecule has 4 aromatic rings. The lowest BCUT2D eigenvalue weighted by molar-refractivity contribution is -0.617. The third-order valence-corrected chi connectivity index (χ3v) is 5.85. The number of hydrogen-bond acceptors (Lipinski definition) is 3. The lowest BCUT2D eigenvalue weighted by Gasteiger charge is -2.17. The summed E-state index contributed by atoms with van der Waals surface area (Å²) in [5, 5.41) is 2.32. The molecule has 0 spiro atoms. The highest BCUT2D eigenvalue weighted by Gasteiger charge is 2.24. The minimum atomic E-state index is 0.581. The molecule has 4 nitrogen and oxygen atoms in total. The second-order valence-electron chi connectivity index (χ2n) is 7.77. The summed E-state index contributed by atoms with van der Waals surface area (Å²) in [6.07, 6.45) is 0. The molecule has 0 fully saturated rings. The summed E-state index contributed by atoms with van der Waals surface area (Å²) in [6.45, 7) is 9.56. The van der Waals surface area contributed by atoms with E-state index in [1.54, 1.807) is 7.11 Å². The molecule has 0 N–H and O–H groups in total. The molecule has 1 aromatic heterocycles. The summed E-state index contributed by atoms with van der Waals surface area (Å²) in [5.41, 5.74) is 7.17. The van der Waals surface area contributed by atoms with Gasteiger partial charge in [0.05, 0.1) is 43.2 Å². The van der Waals surface area contributed by atoms with Gasteiger partial charge in [0.15, 0.2) is 11.5 Å². The first-order valence-electron chi connectivity index (χ1n) is 10.8. The van der Waals surface area contributed by atoms with Crippen LogP contribution in [-0.4, -0.2) is 20.3 Å². The van der Waals surface area contributed by atoms with Gasteiger partial charge in [0, 0.05) is 5.56 Å². The molecule has 3 aromatic carbocycles. The number of pyridine rings is 1. The van der Waals surface area contributed by atoms with E-state index in [0.29, 0.717) is 13.2 Å². The van der Waals surface area contributed by atoms with E-state index in [1.165, 1.54) is 27.6 Å². The first kappa shape index (κ1) is 21.0. The van der Waals surface area contributed by atoms with E-state index in [2.05, 4.69) is 74.0 Å². The molecule has 0 aliphatic rings. The van der Waals surface area contributed by atoms with Gasteiger partial charge in [-0.1, -0.05) is 18.2 Å². The second kappa shape index (κ2) is 8.46. The molecule has 0 bridgehead atoms. The summed E-state index contributed by atoms with van der Waals surface area (Å²) < 4.78 is 19.6. The SMILES string of the molecule is CCOc1ccc2c(-c3c(C)cccc3C)c3cc(OC)c(OCC)cc3[n+](C)c2c1. The van der Waals surface area contributed by atoms with Crippen molar-refractivity contribution in [1.29, 1.82) is 0 Å². The fourth-order valence-electron chi connectivity index (χ4n) is 4.46. The zero-order valence-electron chi connectivity index (χ0n) is 19.2. The quantitative estimate of drug-likeness (QED) is 0.289. The zero-order chi connectivity index (χ0) is 22.1. The van der Waals surface area contributed by atoms with E-state index in [9.17, 15) is 0 Å². The lowest BCUT2D eigenvalue weighted by atomic mass is 9.89. The molecule has 0 saturated heterocycles. The lowest BCUT2D eigenvalue weighted by Crippen LogP contribution is -2.30. The van der Waals surface area contributed by atoms with Crippen molar-refractivity contribution in [3.8, 4) is 28.4 Å². The standard InChI is InChI=1S/C27H30NO3/c1-7-30-19-12-13-20-22(14-19)28(5)23-16-25(31-8-2)24(29-6)15-21(23)27(20)26-17(3)10-9-11-18(26)4/h9-16H,7-8H2,1-6H3/q+1. The maximum absolute atomic E-state index is 5.90. The van der Waals surface area contributed by atoms with Crippen LogP contribution in [0.4, 0.5) is 0 Å². The summed E-state index contributed by atoms with van der Waals surface area (Å²) in [6, 6.07) is 17.0. The van der Waals surface area contributed by atoms with Crippen LogP contribution in [0.25, 0.3) is 32.9 Å². The van der Waals surface area contributed by atoms with E-state index >= 15 is 0 Å². The Morgan fingerprint density at radius 2 is 1.42 bits per heavy atom. The minimum Gasteiger partial charge on any atom is -0.494 e. The number of benzene rings is 3. The highest BCUT2D eigenvalue weighted by molar-refractivity contribution is 6.09. The topological polar surface area (TPSA) is 31.6 Å². The number of ether oxygens (including phenoxy) is 3. The average Bonchev–Trinajstić information content (AvgIpc) is 2.76. The van der Waals surface area contributed by atoms with Crippen LogP contribution in [0, 0.1) is 13.8 Å². The van der Waals surface area contributed by atoms with E-state index < -0.39 is 0 Å². The molecule has 0 aliphatic heterocycles. The molecule has 0 amide bonds. The van der Waals surface area contributed by atoms with Gasteiger partial charge in [-0.3, -0.25) is 0 Å². The summed E-state index contributed by atoms with van der Waals surface area (Å²) >= 11 is 0. The Hall–Kier alpha value is -3.27. The number of aromatic nitrogens is 1. The number of nitrogens with zero attached hydrogens (tertiary/aromatic N) is 1. The Morgan fingerprint density at radius 3 is 2.06 bits per heavy atom. The second-order valence-corrected chi connectivity index (χ2v) is 7.77. The first-order valence-corrected chi connectivity index (χ1v) is 10.8. The highest BCUT2D eigenvalue weighted by atomic mass is 16.5. The number of hydrogen-bond donors (Lipinski definition) is 0. The third-order valence-electron chi connectivity index (χ3n) is 5.85. The molecular formula is C27H30NO3+. The van der Waals surface area contributed by atoms with Gasteiger partial charge in [0.1, 0.15) is 12.8 Å². The van der Waals surface area contributed by atoms with Gasteiger partial charge in [-0.15, -0.1) is 0 Å². The fraction of sp³-hybridized carbons (Fsp3) is 0.296. The predicted molar refractivity (Wildman–Crippen MR) is 126 cm³/mol. The third kappa shape index (κ3) is 3.56. The number of aryl methyl sites for hydroxylation is 3. The molecule has 31 heavy (non-hydrogen) atoms. The normalized spacial score (nSPS) is 11.2. The maximum Gasteiger partial charge on any atom is 0.217 e. The Morgan fingerprint density at radius 1 is 0.742 bits per heavy atom. The van der Waals surface area contributed by atoms with E-state index in [0.717, 1.165) is 33.7 Å². The molecule has 160 valence electrons. The van der Waals surface area contributed by atoms with Gasteiger partial charge in [0.2, 0.25) is 11.0 Å². The summed E-state index contributed by atoms with van der Waals surface area (Å²) in [5.74, 6) is 2.36. The number of fused-ring (bicyclic) bond motifs is 2. The summed E-state index contributed by atoms with van der Waals surface area (Å²) in [4.78, 5) is 0. The van der Waals surface area contributed by atoms with Crippen LogP contribution in [0.15, 0.2) is 48.5 Å². The minimum absolute atomic E-state index is 0.581. The van der Waals surface area contributed by atoms with Crippen LogP contribution >= 0.6 is 0 Å². The first-order chi connectivity index (χ1) is 15.0. The molecule has 0 radical (unpaired) electrons. The van der Waals surface area contributed by atoms with E-state index in [1.807, 2.05) is 13.8 Å². The van der Waals surface area contributed by atoms with Gasteiger partial charge in [-0.25, -0.2) is 0 Å². The molecule has 4 heteroatoms. The van der Waals surface area contributed by atoms with Crippen molar-refractivity contribution in [1.82, 2.24) is 0 Å². The smallest absolute Gasteiger partial charge is 0.217 e. The van der Waals surface area contributed by atoms with Crippen molar-refractivity contribution in [2.75, 3.05) is 20.3 Å². The van der Waals surface area contributed by atoms with Gasteiger partial charge in [-0.05, 0) is 62.6 Å². The molecule has 0 atom stereocenters. The molecule has 0 unspecified atom stereocenters. The zero-order valence-corrected chi connectivity index (χ0v) is 19.2. The van der Waals surface area contributed by atoms with Crippen molar-refractivity contribution in [2.24, 2.45) is 7.05 Å². The summed E-state index contributed by atoms with van der Waals surface area (Å²) in [7, 11) is 3.79. The Balaban J connectivity index is 2.21. The molecule has 4 rings (SSSR count). The Kier molecular flexibility index (Phi) is 5.73. The Labute approximate surface area is 184 Å². The highest BCUT2D eigenvalue weighted by Crippen LogP contribution is 2.42. The molecule has 1 heterocycles. The van der Waals surface area contributed by atoms with Crippen LogP contribution in [0.2, 0.25) is 0 Å². The maximum atomic E-state index is 5.90. The van der Waals surface area contributed by atoms with Crippen LogP contribution in [0.3, 0.4) is 0 Å². The largest absolute Gasteiger partial charge is 0.494 e. The molecular weight excluding hydrogens is 386 g/mol. The van der Waals surface area contributed by atoms with Crippen LogP contribution < -0.4 is 18.8 Å². The van der Waals surface area contributed by atoms with Crippen molar-refractivity contribution < 1.29 is 18.8 Å². The van der Waals surface area contributed by atoms with Crippen molar-refractivity contribution in [2.45, 2.75) is 27.7 Å². The van der Waals surface area contributed by atoms with E-state index in [4.69, 9.17) is 14.2 Å². The van der Waals surface area contributed by atoms with Gasteiger partial charge in [-0.2, -0.15) is 4.57 Å².